The lowest BCUT2D eigenvalue weighted by Gasteiger charge is -2.26. The number of nitriles is 1. The molecule has 1 aliphatic heterocycles. The molecular weight excluding hydrogens is 422 g/mol. The van der Waals surface area contributed by atoms with Crippen molar-refractivity contribution in [3.05, 3.63) is 59.2 Å². The first-order chi connectivity index (χ1) is 16.1. The van der Waals surface area contributed by atoms with Crippen LogP contribution in [0.1, 0.15) is 32.7 Å². The van der Waals surface area contributed by atoms with Gasteiger partial charge in [0.05, 0.1) is 35.9 Å². The van der Waals surface area contributed by atoms with Crippen LogP contribution in [0, 0.1) is 11.3 Å². The van der Waals surface area contributed by atoms with E-state index in [2.05, 4.69) is 10.3 Å². The molecule has 1 aliphatic rings. The van der Waals surface area contributed by atoms with Crippen molar-refractivity contribution in [3.8, 4) is 6.07 Å². The Morgan fingerprint density at radius 2 is 2.00 bits per heavy atom. The molecule has 0 atom stereocenters. The van der Waals surface area contributed by atoms with Crippen LogP contribution in [-0.2, 0) is 16.0 Å². The lowest BCUT2D eigenvalue weighted by Crippen LogP contribution is -2.40. The summed E-state index contributed by atoms with van der Waals surface area (Å²) in [6.45, 7) is 3.29. The van der Waals surface area contributed by atoms with Crippen LogP contribution < -0.4 is 5.32 Å². The van der Waals surface area contributed by atoms with Gasteiger partial charge in [0.2, 0.25) is 5.95 Å². The molecule has 0 saturated carbocycles. The number of benzene rings is 2. The third-order valence-corrected chi connectivity index (χ3v) is 5.50. The van der Waals surface area contributed by atoms with E-state index in [1.807, 2.05) is 16.7 Å². The Bertz CT molecular complexity index is 1210. The van der Waals surface area contributed by atoms with E-state index >= 15 is 0 Å². The van der Waals surface area contributed by atoms with E-state index in [1.54, 1.807) is 42.3 Å². The van der Waals surface area contributed by atoms with Crippen molar-refractivity contribution in [1.29, 1.82) is 5.26 Å². The normalized spacial score (nSPS) is 13.6. The Balaban J connectivity index is 1.66. The number of amides is 2. The van der Waals surface area contributed by atoms with E-state index in [-0.39, 0.29) is 11.8 Å². The minimum Gasteiger partial charge on any atom is -0.385 e. The molecule has 3 aromatic rings. The van der Waals surface area contributed by atoms with E-state index in [0.717, 1.165) is 5.52 Å². The van der Waals surface area contributed by atoms with Gasteiger partial charge in [-0.3, -0.25) is 14.9 Å². The Labute approximate surface area is 191 Å². The maximum atomic E-state index is 13.0. The van der Waals surface area contributed by atoms with Gasteiger partial charge in [-0.1, -0.05) is 6.07 Å². The van der Waals surface area contributed by atoms with Crippen LogP contribution in [0.4, 0.5) is 5.95 Å². The quantitative estimate of drug-likeness (QED) is 0.558. The zero-order valence-electron chi connectivity index (χ0n) is 18.4. The predicted molar refractivity (Wildman–Crippen MR) is 122 cm³/mol. The lowest BCUT2D eigenvalue weighted by atomic mass is 10.1. The average molecular weight is 447 g/mol. The summed E-state index contributed by atoms with van der Waals surface area (Å²) in [5.41, 5.74) is 2.77. The van der Waals surface area contributed by atoms with Crippen LogP contribution in [0.3, 0.4) is 0 Å². The molecule has 1 aromatic heterocycles. The van der Waals surface area contributed by atoms with Crippen molar-refractivity contribution in [3.63, 3.8) is 0 Å². The molecule has 0 radical (unpaired) electrons. The standard InChI is InChI=1S/C24H25N5O4/c1-32-11-3-8-29-21-15-19(23(31)28-9-12-33-13-10-28)6-7-20(21)26-24(29)27-22(30)18-5-2-4-17(14-18)16-25/h2,4-7,14-15H,3,8-13H2,1H3,(H,26,27,30). The topological polar surface area (TPSA) is 109 Å². The summed E-state index contributed by atoms with van der Waals surface area (Å²) >= 11 is 0. The fraction of sp³-hybridized carbons (Fsp3) is 0.333. The SMILES string of the molecule is COCCCn1c(NC(=O)c2cccc(C#N)c2)nc2ccc(C(=O)N3CCOCC3)cc21. The second-order valence-electron chi connectivity index (χ2n) is 7.69. The molecule has 2 amide bonds. The minimum absolute atomic E-state index is 0.0521. The molecule has 33 heavy (non-hydrogen) atoms. The highest BCUT2D eigenvalue weighted by Crippen LogP contribution is 2.23. The minimum atomic E-state index is -0.361. The summed E-state index contributed by atoms with van der Waals surface area (Å²) < 4.78 is 12.4. The molecule has 2 aromatic carbocycles. The summed E-state index contributed by atoms with van der Waals surface area (Å²) in [7, 11) is 1.63. The number of imidazole rings is 1. The molecule has 0 unspecified atom stereocenters. The monoisotopic (exact) mass is 447 g/mol. The number of nitrogens with zero attached hydrogens (tertiary/aromatic N) is 4. The predicted octanol–water partition coefficient (Wildman–Crippen LogP) is 2.67. The Morgan fingerprint density at radius 1 is 1.18 bits per heavy atom. The van der Waals surface area contributed by atoms with Gasteiger partial charge in [0, 0.05) is 44.5 Å². The zero-order valence-corrected chi connectivity index (χ0v) is 18.4. The molecule has 9 nitrogen and oxygen atoms in total. The maximum absolute atomic E-state index is 13.0. The van der Waals surface area contributed by atoms with E-state index in [0.29, 0.717) is 74.0 Å². The first-order valence-corrected chi connectivity index (χ1v) is 10.8. The fourth-order valence-corrected chi connectivity index (χ4v) is 3.80. The highest BCUT2D eigenvalue weighted by Gasteiger charge is 2.21. The van der Waals surface area contributed by atoms with Gasteiger partial charge in [0.25, 0.3) is 11.8 Å². The summed E-state index contributed by atoms with van der Waals surface area (Å²) in [5, 5.41) is 12.0. The molecule has 1 N–H and O–H groups in total. The highest BCUT2D eigenvalue weighted by atomic mass is 16.5. The van der Waals surface area contributed by atoms with Gasteiger partial charge < -0.3 is 18.9 Å². The number of hydrogen-bond acceptors (Lipinski definition) is 6. The van der Waals surface area contributed by atoms with E-state index < -0.39 is 0 Å². The van der Waals surface area contributed by atoms with E-state index in [9.17, 15) is 9.59 Å². The fourth-order valence-electron chi connectivity index (χ4n) is 3.80. The molecule has 4 rings (SSSR count). The summed E-state index contributed by atoms with van der Waals surface area (Å²) in [4.78, 5) is 32.2. The molecule has 0 spiro atoms. The number of fused-ring (bicyclic) bond motifs is 1. The Kier molecular flexibility index (Phi) is 6.98. The number of carbonyl (C=O) groups is 2. The average Bonchev–Trinajstić information content (AvgIpc) is 3.20. The van der Waals surface area contributed by atoms with Gasteiger partial charge in [-0.2, -0.15) is 5.26 Å². The first-order valence-electron chi connectivity index (χ1n) is 10.8. The maximum Gasteiger partial charge on any atom is 0.258 e. The first kappa shape index (κ1) is 22.5. The number of aryl methyl sites for hydroxylation is 1. The third-order valence-electron chi connectivity index (χ3n) is 5.50. The van der Waals surface area contributed by atoms with Gasteiger partial charge in [0.15, 0.2) is 0 Å². The second kappa shape index (κ2) is 10.3. The second-order valence-corrected chi connectivity index (χ2v) is 7.69. The summed E-state index contributed by atoms with van der Waals surface area (Å²) in [6.07, 6.45) is 0.705. The molecule has 0 bridgehead atoms. The number of carbonyl (C=O) groups excluding carboxylic acids is 2. The number of anilines is 1. The van der Waals surface area contributed by atoms with Crippen LogP contribution in [0.25, 0.3) is 11.0 Å². The number of aromatic nitrogens is 2. The van der Waals surface area contributed by atoms with Crippen LogP contribution in [0.15, 0.2) is 42.5 Å². The lowest BCUT2D eigenvalue weighted by molar-refractivity contribution is 0.0303. The number of methoxy groups -OCH3 is 1. The van der Waals surface area contributed by atoms with Crippen molar-refractivity contribution in [2.75, 3.05) is 45.3 Å². The van der Waals surface area contributed by atoms with Crippen molar-refractivity contribution in [2.24, 2.45) is 0 Å². The molecule has 1 fully saturated rings. The van der Waals surface area contributed by atoms with Crippen molar-refractivity contribution >= 4 is 28.8 Å². The van der Waals surface area contributed by atoms with E-state index in [4.69, 9.17) is 14.7 Å². The van der Waals surface area contributed by atoms with Crippen molar-refractivity contribution in [1.82, 2.24) is 14.5 Å². The Hall–Kier alpha value is -3.74. The molecular formula is C24H25N5O4. The van der Waals surface area contributed by atoms with Crippen LogP contribution >= 0.6 is 0 Å². The van der Waals surface area contributed by atoms with Crippen LogP contribution in [-0.4, -0.2) is 66.3 Å². The largest absolute Gasteiger partial charge is 0.385 e. The summed E-state index contributed by atoms with van der Waals surface area (Å²) in [5.74, 6) is -0.0341. The third kappa shape index (κ3) is 5.03. The number of ether oxygens (including phenoxy) is 2. The summed E-state index contributed by atoms with van der Waals surface area (Å²) in [6, 6.07) is 13.9. The zero-order chi connectivity index (χ0) is 23.2. The van der Waals surface area contributed by atoms with Gasteiger partial charge in [-0.15, -0.1) is 0 Å². The van der Waals surface area contributed by atoms with Gasteiger partial charge in [-0.05, 0) is 42.8 Å². The highest BCUT2D eigenvalue weighted by molar-refractivity contribution is 6.04. The number of morpholine rings is 1. The Morgan fingerprint density at radius 3 is 2.76 bits per heavy atom. The number of hydrogen-bond donors (Lipinski definition) is 1. The number of nitrogens with one attached hydrogen (secondary N) is 1. The molecule has 0 aliphatic carbocycles. The van der Waals surface area contributed by atoms with Crippen LogP contribution in [0.5, 0.6) is 0 Å². The van der Waals surface area contributed by atoms with Gasteiger partial charge >= 0.3 is 0 Å². The van der Waals surface area contributed by atoms with E-state index in [1.165, 1.54) is 6.07 Å². The van der Waals surface area contributed by atoms with Gasteiger partial charge in [-0.25, -0.2) is 4.98 Å². The smallest absolute Gasteiger partial charge is 0.258 e. The molecule has 9 heteroatoms. The number of rotatable bonds is 7. The van der Waals surface area contributed by atoms with Crippen LogP contribution in [0.2, 0.25) is 0 Å². The van der Waals surface area contributed by atoms with Crippen molar-refractivity contribution in [2.45, 2.75) is 13.0 Å². The van der Waals surface area contributed by atoms with Crippen molar-refractivity contribution < 1.29 is 19.1 Å². The molecule has 1 saturated heterocycles. The van der Waals surface area contributed by atoms with Gasteiger partial charge in [0.1, 0.15) is 0 Å². The molecule has 170 valence electrons. The molecule has 2 heterocycles.